The number of aromatic nitrogens is 1. The first-order valence-electron chi connectivity index (χ1n) is 8.36. The van der Waals surface area contributed by atoms with Crippen LogP contribution >= 0.6 is 23.1 Å². The fourth-order valence-electron chi connectivity index (χ4n) is 2.82. The fourth-order valence-corrected chi connectivity index (χ4v) is 4.66. The van der Waals surface area contributed by atoms with Crippen LogP contribution in [-0.2, 0) is 24.0 Å². The summed E-state index contributed by atoms with van der Waals surface area (Å²) in [5.74, 6) is -4.42. The van der Waals surface area contributed by atoms with E-state index in [-0.39, 0.29) is 16.4 Å². The van der Waals surface area contributed by atoms with Crippen molar-refractivity contribution in [1.29, 1.82) is 0 Å². The van der Waals surface area contributed by atoms with Crippen molar-refractivity contribution in [3.8, 4) is 0 Å². The number of nitrogen functional groups attached to an aromatic ring is 1. The molecule has 1 unspecified atom stereocenters. The van der Waals surface area contributed by atoms with Crippen molar-refractivity contribution in [2.24, 2.45) is 5.16 Å². The van der Waals surface area contributed by atoms with Gasteiger partial charge in [0.1, 0.15) is 28.2 Å². The number of hydrogen-bond acceptors (Lipinski definition) is 11. The van der Waals surface area contributed by atoms with E-state index in [2.05, 4.69) is 26.9 Å². The lowest BCUT2D eigenvalue weighted by molar-refractivity contribution is -0.150. The Kier molecular flexibility index (Phi) is 6.28. The molecular weight excluding hydrogens is 454 g/mol. The number of aliphatic hydroxyl groups is 1. The number of thiazole rings is 1. The van der Waals surface area contributed by atoms with Crippen LogP contribution in [0.2, 0.25) is 0 Å². The van der Waals surface area contributed by atoms with E-state index < -0.39 is 58.6 Å². The number of amides is 2. The number of carboxylic acids is 2. The van der Waals surface area contributed by atoms with Crippen molar-refractivity contribution in [2.45, 2.75) is 16.9 Å². The molecule has 0 spiro atoms. The van der Waals surface area contributed by atoms with Gasteiger partial charge in [-0.3, -0.25) is 14.5 Å². The summed E-state index contributed by atoms with van der Waals surface area (Å²) in [7, 11) is 0. The zero-order chi connectivity index (χ0) is 22.9. The number of carbonyl (C=O) groups is 4. The highest BCUT2D eigenvalue weighted by atomic mass is 32.2. The molecule has 2 aliphatic heterocycles. The Balaban J connectivity index is 1.83. The van der Waals surface area contributed by atoms with E-state index >= 15 is 0 Å². The first kappa shape index (κ1) is 22.3. The number of carboxylic acid groups (broad SMARTS) is 2. The van der Waals surface area contributed by atoms with Gasteiger partial charge in [-0.05, 0) is 0 Å². The van der Waals surface area contributed by atoms with Crippen molar-refractivity contribution >= 4 is 57.7 Å². The smallest absolute Gasteiger partial charge is 0.353 e. The molecule has 0 bridgehead atoms. The molecule has 2 amide bonds. The highest BCUT2D eigenvalue weighted by Gasteiger charge is 2.56. The molecular formula is C16H15N5O8S2. The van der Waals surface area contributed by atoms with Crippen molar-refractivity contribution in [1.82, 2.24) is 15.2 Å². The molecule has 0 saturated carbocycles. The second kappa shape index (κ2) is 8.75. The van der Waals surface area contributed by atoms with Gasteiger partial charge in [-0.25, -0.2) is 14.6 Å². The molecule has 1 fully saturated rings. The predicted molar refractivity (Wildman–Crippen MR) is 108 cm³/mol. The SMILES string of the molecule is C=CC1=C(C(=O)O)N2C(=O)[C@@H](NC(=O)/C(=N\OCC(=O)O)c3csc(N)n3)[C@H]2SC1O. The van der Waals surface area contributed by atoms with Gasteiger partial charge in [0.15, 0.2) is 10.8 Å². The molecule has 0 radical (unpaired) electrons. The standard InChI is InChI=1S/C16H15N5O8S2/c1-2-5-10(14(26)27)21-12(25)9(13(21)31-15(5)28)19-11(24)8(20-29-3-7(22)23)6-4-30-16(17)18-6/h2,4,9,13,15,28H,1,3H2,(H2,17,18)(H,19,24)(H,22,23)(H,26,27)/b20-8-/t9-,13-,15?/m1/s1. The number of hydrogen-bond donors (Lipinski definition) is 5. The Labute approximate surface area is 181 Å². The van der Waals surface area contributed by atoms with E-state index in [1.54, 1.807) is 0 Å². The molecule has 0 aromatic carbocycles. The van der Waals surface area contributed by atoms with Gasteiger partial charge in [0.2, 0.25) is 6.61 Å². The number of nitrogens with two attached hydrogens (primary N) is 1. The van der Waals surface area contributed by atoms with E-state index in [9.17, 15) is 29.4 Å². The van der Waals surface area contributed by atoms with Gasteiger partial charge < -0.3 is 31.2 Å². The summed E-state index contributed by atoms with van der Waals surface area (Å²) in [6, 6.07) is -1.19. The molecule has 13 nitrogen and oxygen atoms in total. The maximum Gasteiger partial charge on any atom is 0.353 e. The summed E-state index contributed by atoms with van der Waals surface area (Å²) in [5, 5.41) is 34.8. The maximum absolute atomic E-state index is 12.7. The number of oxime groups is 1. The van der Waals surface area contributed by atoms with Gasteiger partial charge in [-0.1, -0.05) is 29.6 Å². The molecule has 0 aliphatic carbocycles. The number of nitrogens with one attached hydrogen (secondary N) is 1. The molecule has 2 aliphatic rings. The van der Waals surface area contributed by atoms with Gasteiger partial charge >= 0.3 is 11.9 Å². The van der Waals surface area contributed by atoms with Crippen molar-refractivity contribution in [3.05, 3.63) is 35.0 Å². The number of aliphatic hydroxyl groups excluding tert-OH is 1. The summed E-state index contributed by atoms with van der Waals surface area (Å²) < 4.78 is 0. The Morgan fingerprint density at radius 2 is 2.13 bits per heavy atom. The molecule has 3 rings (SSSR count). The third-order valence-electron chi connectivity index (χ3n) is 4.12. The van der Waals surface area contributed by atoms with Crippen molar-refractivity contribution in [3.63, 3.8) is 0 Å². The average Bonchev–Trinajstić information content (AvgIpc) is 3.13. The minimum absolute atomic E-state index is 0.00888. The number of aliphatic carboxylic acids is 2. The number of β-lactam (4-membered cyclic amide) rings is 1. The van der Waals surface area contributed by atoms with Crippen LogP contribution in [0.1, 0.15) is 5.69 Å². The zero-order valence-electron chi connectivity index (χ0n) is 15.4. The number of anilines is 1. The fraction of sp³-hybridized carbons (Fsp3) is 0.250. The van der Waals surface area contributed by atoms with Crippen LogP contribution in [0.4, 0.5) is 5.13 Å². The molecule has 3 atom stereocenters. The van der Waals surface area contributed by atoms with Crippen LogP contribution in [0.5, 0.6) is 0 Å². The Bertz CT molecular complexity index is 1030. The first-order chi connectivity index (χ1) is 14.6. The van der Waals surface area contributed by atoms with Crippen molar-refractivity contribution in [2.75, 3.05) is 12.3 Å². The molecule has 31 heavy (non-hydrogen) atoms. The lowest BCUT2D eigenvalue weighted by Gasteiger charge is -2.50. The maximum atomic E-state index is 12.7. The second-order valence-corrected chi connectivity index (χ2v) is 8.12. The summed E-state index contributed by atoms with van der Waals surface area (Å²) in [6.45, 7) is 2.63. The number of rotatable bonds is 8. The quantitative estimate of drug-likeness (QED) is 0.173. The van der Waals surface area contributed by atoms with Gasteiger partial charge in [-0.15, -0.1) is 11.3 Å². The summed E-state index contributed by atoms with van der Waals surface area (Å²) in [4.78, 5) is 57.0. The number of nitrogens with zero attached hydrogens (tertiary/aromatic N) is 3. The average molecular weight is 469 g/mol. The Hall–Kier alpha value is -3.43. The highest BCUT2D eigenvalue weighted by Crippen LogP contribution is 2.43. The van der Waals surface area contributed by atoms with Crippen LogP contribution < -0.4 is 11.1 Å². The molecule has 164 valence electrons. The third-order valence-corrected chi connectivity index (χ3v) is 6.07. The van der Waals surface area contributed by atoms with Crippen LogP contribution in [0, 0.1) is 0 Å². The van der Waals surface area contributed by atoms with Crippen LogP contribution in [-0.4, -0.2) is 78.1 Å². The first-order valence-corrected chi connectivity index (χ1v) is 10.2. The van der Waals surface area contributed by atoms with Crippen LogP contribution in [0.15, 0.2) is 34.5 Å². The number of carbonyl (C=O) groups excluding carboxylic acids is 2. The molecule has 6 N–H and O–H groups in total. The minimum Gasteiger partial charge on any atom is -0.479 e. The van der Waals surface area contributed by atoms with Gasteiger partial charge in [0.05, 0.1) is 0 Å². The monoisotopic (exact) mass is 469 g/mol. The van der Waals surface area contributed by atoms with Crippen LogP contribution in [0.3, 0.4) is 0 Å². The zero-order valence-corrected chi connectivity index (χ0v) is 17.1. The highest BCUT2D eigenvalue weighted by molar-refractivity contribution is 8.00. The topological polar surface area (TPSA) is 205 Å². The molecule has 1 aromatic heterocycles. The van der Waals surface area contributed by atoms with E-state index in [1.165, 1.54) is 5.38 Å². The minimum atomic E-state index is -1.43. The molecule has 15 heteroatoms. The van der Waals surface area contributed by atoms with Crippen LogP contribution in [0.25, 0.3) is 0 Å². The summed E-state index contributed by atoms with van der Waals surface area (Å²) in [6.07, 6.45) is 1.15. The normalized spacial score (nSPS) is 23.0. The third kappa shape index (κ3) is 4.23. The van der Waals surface area contributed by atoms with Gasteiger partial charge in [0.25, 0.3) is 11.8 Å². The molecule has 3 heterocycles. The Morgan fingerprint density at radius 1 is 1.42 bits per heavy atom. The van der Waals surface area contributed by atoms with Gasteiger partial charge in [-0.2, -0.15) is 0 Å². The predicted octanol–water partition coefficient (Wildman–Crippen LogP) is -1.23. The van der Waals surface area contributed by atoms with Gasteiger partial charge in [0, 0.05) is 11.0 Å². The lowest BCUT2D eigenvalue weighted by atomic mass is 10.0. The number of fused-ring (bicyclic) bond motifs is 1. The Morgan fingerprint density at radius 3 is 2.68 bits per heavy atom. The summed E-state index contributed by atoms with van der Waals surface area (Å²) in [5.41, 5.74) is 3.38. The lowest BCUT2D eigenvalue weighted by Crippen LogP contribution is -2.71. The van der Waals surface area contributed by atoms with Crippen molar-refractivity contribution < 1.29 is 39.3 Å². The molecule has 1 aromatic rings. The summed E-state index contributed by atoms with van der Waals surface area (Å²) >= 11 is 1.84. The van der Waals surface area contributed by atoms with E-state index in [4.69, 9.17) is 10.8 Å². The number of thioether (sulfide) groups is 1. The largest absolute Gasteiger partial charge is 0.479 e. The van der Waals surface area contributed by atoms with E-state index in [0.29, 0.717) is 0 Å². The molecule has 1 saturated heterocycles. The van der Waals surface area contributed by atoms with E-state index in [0.717, 1.165) is 34.1 Å². The second-order valence-electron chi connectivity index (χ2n) is 6.03. The van der Waals surface area contributed by atoms with E-state index in [1.807, 2.05) is 0 Å².